The summed E-state index contributed by atoms with van der Waals surface area (Å²) in [5.41, 5.74) is 4.36. The average Bonchev–Trinajstić information content (AvgIpc) is 2.96. The zero-order chi connectivity index (χ0) is 17.4. The molecule has 0 fully saturated rings. The molecule has 4 rings (SSSR count). The lowest BCUT2D eigenvalue weighted by Crippen LogP contribution is -1.96. The molecule has 0 saturated carbocycles. The Labute approximate surface area is 145 Å². The molecule has 1 aromatic heterocycles. The van der Waals surface area contributed by atoms with E-state index in [9.17, 15) is 10.1 Å². The lowest BCUT2D eigenvalue weighted by Gasteiger charge is -2.08. The standard InChI is InChI=1S/C21H18N2O2/c1-2-6-15-11-12-21-19(13-15)18-9-3-4-10-20(18)22(21)16-7-5-8-17(14-16)23(24)25/h3-5,7-14H,2,6H2,1H3. The summed E-state index contributed by atoms with van der Waals surface area (Å²) in [5.74, 6) is 0. The number of non-ortho nitro benzene ring substituents is 1. The summed E-state index contributed by atoms with van der Waals surface area (Å²) in [6.07, 6.45) is 2.15. The van der Waals surface area contributed by atoms with Crippen molar-refractivity contribution < 1.29 is 4.92 Å². The van der Waals surface area contributed by atoms with Gasteiger partial charge in [-0.15, -0.1) is 0 Å². The first kappa shape index (κ1) is 15.4. The van der Waals surface area contributed by atoms with E-state index in [0.717, 1.165) is 29.6 Å². The van der Waals surface area contributed by atoms with Gasteiger partial charge < -0.3 is 4.57 Å². The third-order valence-electron chi connectivity index (χ3n) is 4.57. The van der Waals surface area contributed by atoms with Gasteiger partial charge in [0.15, 0.2) is 0 Å². The van der Waals surface area contributed by atoms with Gasteiger partial charge in [0.1, 0.15) is 0 Å². The van der Waals surface area contributed by atoms with Gasteiger partial charge in [0.25, 0.3) is 5.69 Å². The largest absolute Gasteiger partial charge is 0.309 e. The van der Waals surface area contributed by atoms with Crippen molar-refractivity contribution in [2.75, 3.05) is 0 Å². The summed E-state index contributed by atoms with van der Waals surface area (Å²) < 4.78 is 2.10. The number of nitrogens with zero attached hydrogens (tertiary/aromatic N) is 2. The van der Waals surface area contributed by atoms with Gasteiger partial charge in [0, 0.05) is 22.9 Å². The Bertz CT molecular complexity index is 1100. The van der Waals surface area contributed by atoms with E-state index in [4.69, 9.17) is 0 Å². The normalized spacial score (nSPS) is 11.2. The number of aromatic nitrogens is 1. The minimum Gasteiger partial charge on any atom is -0.309 e. The van der Waals surface area contributed by atoms with Gasteiger partial charge in [0.2, 0.25) is 0 Å². The second-order valence-electron chi connectivity index (χ2n) is 6.23. The van der Waals surface area contributed by atoms with Crippen LogP contribution in [0.15, 0.2) is 66.7 Å². The number of rotatable bonds is 4. The summed E-state index contributed by atoms with van der Waals surface area (Å²) >= 11 is 0. The van der Waals surface area contributed by atoms with E-state index in [1.807, 2.05) is 18.2 Å². The zero-order valence-corrected chi connectivity index (χ0v) is 14.0. The predicted octanol–water partition coefficient (Wildman–Crippen LogP) is 5.64. The van der Waals surface area contributed by atoms with Crippen LogP contribution in [0.25, 0.3) is 27.5 Å². The summed E-state index contributed by atoms with van der Waals surface area (Å²) in [6.45, 7) is 2.18. The van der Waals surface area contributed by atoms with Gasteiger partial charge in [-0.3, -0.25) is 10.1 Å². The second-order valence-corrected chi connectivity index (χ2v) is 6.23. The van der Waals surface area contributed by atoms with Crippen molar-refractivity contribution in [3.05, 3.63) is 82.4 Å². The Morgan fingerprint density at radius 2 is 1.72 bits per heavy atom. The fourth-order valence-corrected chi connectivity index (χ4v) is 3.49. The van der Waals surface area contributed by atoms with E-state index in [1.165, 1.54) is 22.4 Å². The lowest BCUT2D eigenvalue weighted by atomic mass is 10.1. The van der Waals surface area contributed by atoms with Crippen molar-refractivity contribution in [3.8, 4) is 5.69 Å². The highest BCUT2D eigenvalue weighted by molar-refractivity contribution is 6.09. The molecule has 0 aliphatic carbocycles. The number of para-hydroxylation sites is 1. The Morgan fingerprint density at radius 3 is 2.52 bits per heavy atom. The maximum atomic E-state index is 11.2. The number of benzene rings is 3. The molecule has 0 N–H and O–H groups in total. The first-order chi connectivity index (χ1) is 12.2. The molecule has 0 spiro atoms. The molecule has 124 valence electrons. The van der Waals surface area contributed by atoms with Crippen LogP contribution in [0.2, 0.25) is 0 Å². The maximum absolute atomic E-state index is 11.2. The lowest BCUT2D eigenvalue weighted by molar-refractivity contribution is -0.384. The number of nitro groups is 1. The fraction of sp³-hybridized carbons (Fsp3) is 0.143. The molecule has 3 aromatic carbocycles. The summed E-state index contributed by atoms with van der Waals surface area (Å²) in [6, 6.07) is 21.5. The van der Waals surface area contributed by atoms with Gasteiger partial charge in [0.05, 0.1) is 21.6 Å². The second kappa shape index (κ2) is 6.06. The predicted molar refractivity (Wildman–Crippen MR) is 101 cm³/mol. The van der Waals surface area contributed by atoms with Crippen LogP contribution in [0, 0.1) is 10.1 Å². The van der Waals surface area contributed by atoms with Gasteiger partial charge in [-0.05, 0) is 36.2 Å². The summed E-state index contributed by atoms with van der Waals surface area (Å²) in [4.78, 5) is 10.8. The summed E-state index contributed by atoms with van der Waals surface area (Å²) in [7, 11) is 0. The van der Waals surface area contributed by atoms with Crippen LogP contribution in [-0.2, 0) is 6.42 Å². The number of hydrogen-bond acceptors (Lipinski definition) is 2. The van der Waals surface area contributed by atoms with Gasteiger partial charge in [-0.1, -0.05) is 43.7 Å². The van der Waals surface area contributed by atoms with Crippen LogP contribution >= 0.6 is 0 Å². The molecule has 0 atom stereocenters. The molecule has 1 heterocycles. The Kier molecular flexibility index (Phi) is 3.73. The first-order valence-corrected chi connectivity index (χ1v) is 8.46. The molecule has 0 radical (unpaired) electrons. The zero-order valence-electron chi connectivity index (χ0n) is 14.0. The van der Waals surface area contributed by atoms with E-state index in [0.29, 0.717) is 0 Å². The molecule has 4 nitrogen and oxygen atoms in total. The van der Waals surface area contributed by atoms with Gasteiger partial charge in [-0.2, -0.15) is 0 Å². The molecule has 4 heteroatoms. The minimum absolute atomic E-state index is 0.103. The summed E-state index contributed by atoms with van der Waals surface area (Å²) in [5, 5.41) is 13.5. The topological polar surface area (TPSA) is 48.1 Å². The molecule has 0 amide bonds. The van der Waals surface area contributed by atoms with E-state index in [-0.39, 0.29) is 10.6 Å². The highest BCUT2D eigenvalue weighted by Gasteiger charge is 2.14. The molecule has 0 aliphatic heterocycles. The molecule has 0 aliphatic rings. The molecule has 25 heavy (non-hydrogen) atoms. The maximum Gasteiger partial charge on any atom is 0.271 e. The SMILES string of the molecule is CCCc1ccc2c(c1)c1ccccc1n2-c1cccc([N+](=O)[O-])c1. The number of aryl methyl sites for hydroxylation is 1. The van der Waals surface area contributed by atoms with E-state index in [1.54, 1.807) is 12.1 Å². The third-order valence-corrected chi connectivity index (χ3v) is 4.57. The van der Waals surface area contributed by atoms with Crippen molar-refractivity contribution in [2.24, 2.45) is 0 Å². The highest BCUT2D eigenvalue weighted by Crippen LogP contribution is 2.33. The number of hydrogen-bond donors (Lipinski definition) is 0. The van der Waals surface area contributed by atoms with Crippen LogP contribution in [0.4, 0.5) is 5.69 Å². The van der Waals surface area contributed by atoms with Gasteiger partial charge >= 0.3 is 0 Å². The third kappa shape index (κ3) is 2.56. The molecular formula is C21H18N2O2. The van der Waals surface area contributed by atoms with Crippen LogP contribution < -0.4 is 0 Å². The molecule has 4 aromatic rings. The molecule has 0 unspecified atom stereocenters. The average molecular weight is 330 g/mol. The van der Waals surface area contributed by atoms with Crippen molar-refractivity contribution >= 4 is 27.5 Å². The van der Waals surface area contributed by atoms with Crippen molar-refractivity contribution in [1.82, 2.24) is 4.57 Å². The molecule has 0 saturated heterocycles. The highest BCUT2D eigenvalue weighted by atomic mass is 16.6. The number of nitro benzene ring substituents is 1. The van der Waals surface area contributed by atoms with Crippen molar-refractivity contribution in [2.45, 2.75) is 19.8 Å². The molecule has 0 bridgehead atoms. The monoisotopic (exact) mass is 330 g/mol. The molecular weight excluding hydrogens is 312 g/mol. The smallest absolute Gasteiger partial charge is 0.271 e. The Hall–Kier alpha value is -3.14. The van der Waals surface area contributed by atoms with Crippen LogP contribution in [0.5, 0.6) is 0 Å². The Balaban J connectivity index is 2.05. The minimum atomic E-state index is -0.350. The quantitative estimate of drug-likeness (QED) is 0.359. The van der Waals surface area contributed by atoms with Gasteiger partial charge in [-0.25, -0.2) is 0 Å². The fourth-order valence-electron chi connectivity index (χ4n) is 3.49. The van der Waals surface area contributed by atoms with Crippen molar-refractivity contribution in [1.29, 1.82) is 0 Å². The van der Waals surface area contributed by atoms with E-state index in [2.05, 4.69) is 41.8 Å². The van der Waals surface area contributed by atoms with E-state index < -0.39 is 0 Å². The van der Waals surface area contributed by atoms with Crippen LogP contribution in [0.3, 0.4) is 0 Å². The first-order valence-electron chi connectivity index (χ1n) is 8.46. The van der Waals surface area contributed by atoms with E-state index >= 15 is 0 Å². The Morgan fingerprint density at radius 1 is 0.920 bits per heavy atom. The van der Waals surface area contributed by atoms with Crippen LogP contribution in [0.1, 0.15) is 18.9 Å². The number of fused-ring (bicyclic) bond motifs is 3. The van der Waals surface area contributed by atoms with Crippen LogP contribution in [-0.4, -0.2) is 9.49 Å². The van der Waals surface area contributed by atoms with Crippen molar-refractivity contribution in [3.63, 3.8) is 0 Å².